The monoisotopic (exact) mass is 360 g/mol. The van der Waals surface area contributed by atoms with Gasteiger partial charge in [-0.15, -0.1) is 0 Å². The lowest BCUT2D eigenvalue weighted by Crippen LogP contribution is -2.34. The molecule has 5 nitrogen and oxygen atoms in total. The Balaban J connectivity index is 1.57. The van der Waals surface area contributed by atoms with Gasteiger partial charge in [-0.25, -0.2) is 0 Å². The molecule has 4 unspecified atom stereocenters. The van der Waals surface area contributed by atoms with Crippen LogP contribution in [0.4, 0.5) is 0 Å². The van der Waals surface area contributed by atoms with Gasteiger partial charge in [0.05, 0.1) is 32.8 Å². The van der Waals surface area contributed by atoms with Gasteiger partial charge in [0.1, 0.15) is 0 Å². The van der Waals surface area contributed by atoms with Gasteiger partial charge < -0.3 is 18.9 Å². The SMILES string of the molecule is COC(=O)CC1C=CC(OC2CCCCO2)C1COCc1ccccc1. The van der Waals surface area contributed by atoms with Crippen molar-refractivity contribution < 1.29 is 23.7 Å². The van der Waals surface area contributed by atoms with Gasteiger partial charge in [-0.05, 0) is 30.7 Å². The van der Waals surface area contributed by atoms with Crippen molar-refractivity contribution in [1.29, 1.82) is 0 Å². The third kappa shape index (κ3) is 5.40. The molecule has 1 heterocycles. The van der Waals surface area contributed by atoms with Gasteiger partial charge in [0.2, 0.25) is 0 Å². The quantitative estimate of drug-likeness (QED) is 0.525. The van der Waals surface area contributed by atoms with Crippen LogP contribution in [0.25, 0.3) is 0 Å². The number of hydrogen-bond donors (Lipinski definition) is 0. The van der Waals surface area contributed by atoms with Gasteiger partial charge in [0, 0.05) is 12.5 Å². The van der Waals surface area contributed by atoms with E-state index in [0.717, 1.165) is 31.4 Å². The molecule has 142 valence electrons. The normalized spacial score (nSPS) is 28.2. The van der Waals surface area contributed by atoms with Crippen molar-refractivity contribution in [3.8, 4) is 0 Å². The molecule has 1 aliphatic carbocycles. The van der Waals surface area contributed by atoms with Crippen molar-refractivity contribution in [2.24, 2.45) is 11.8 Å². The predicted octanol–water partition coefficient (Wildman–Crippen LogP) is 3.48. The minimum Gasteiger partial charge on any atom is -0.469 e. The summed E-state index contributed by atoms with van der Waals surface area (Å²) in [6, 6.07) is 10.1. The Labute approximate surface area is 155 Å². The van der Waals surface area contributed by atoms with Crippen LogP contribution in [0.15, 0.2) is 42.5 Å². The van der Waals surface area contributed by atoms with Gasteiger partial charge in [0.15, 0.2) is 6.29 Å². The molecule has 1 aliphatic heterocycles. The van der Waals surface area contributed by atoms with Gasteiger partial charge in [-0.2, -0.15) is 0 Å². The molecule has 2 aliphatic rings. The molecule has 0 aromatic heterocycles. The van der Waals surface area contributed by atoms with Gasteiger partial charge >= 0.3 is 5.97 Å². The van der Waals surface area contributed by atoms with Crippen LogP contribution in [0.5, 0.6) is 0 Å². The highest BCUT2D eigenvalue weighted by molar-refractivity contribution is 5.69. The first-order valence-electron chi connectivity index (χ1n) is 9.40. The van der Waals surface area contributed by atoms with E-state index in [4.69, 9.17) is 18.9 Å². The van der Waals surface area contributed by atoms with Crippen LogP contribution in [-0.2, 0) is 30.3 Å². The first-order valence-corrected chi connectivity index (χ1v) is 9.40. The summed E-state index contributed by atoms with van der Waals surface area (Å²) in [6.45, 7) is 1.83. The van der Waals surface area contributed by atoms with Gasteiger partial charge in [-0.3, -0.25) is 4.79 Å². The van der Waals surface area contributed by atoms with Crippen LogP contribution in [0.1, 0.15) is 31.2 Å². The molecule has 5 heteroatoms. The van der Waals surface area contributed by atoms with E-state index in [-0.39, 0.29) is 30.2 Å². The Kier molecular flexibility index (Phi) is 7.23. The van der Waals surface area contributed by atoms with Gasteiger partial charge in [-0.1, -0.05) is 42.5 Å². The fraction of sp³-hybridized carbons (Fsp3) is 0.571. The highest BCUT2D eigenvalue weighted by Gasteiger charge is 2.36. The van der Waals surface area contributed by atoms with Crippen LogP contribution >= 0.6 is 0 Å². The standard InChI is InChI=1S/C21H28O5/c1-23-20(22)13-17-10-11-19(26-21-9-5-6-12-25-21)18(17)15-24-14-16-7-3-2-4-8-16/h2-4,7-8,10-11,17-19,21H,5-6,9,12-15H2,1H3. The van der Waals surface area contributed by atoms with E-state index in [2.05, 4.69) is 6.08 Å². The van der Waals surface area contributed by atoms with E-state index in [1.54, 1.807) is 0 Å². The largest absolute Gasteiger partial charge is 0.469 e. The second kappa shape index (κ2) is 9.86. The molecule has 0 bridgehead atoms. The molecule has 0 amide bonds. The maximum absolute atomic E-state index is 11.7. The summed E-state index contributed by atoms with van der Waals surface area (Å²) >= 11 is 0. The minimum atomic E-state index is -0.206. The number of carbonyl (C=O) groups is 1. The van der Waals surface area contributed by atoms with Crippen molar-refractivity contribution in [2.75, 3.05) is 20.3 Å². The summed E-state index contributed by atoms with van der Waals surface area (Å²) in [4.78, 5) is 11.7. The third-order valence-electron chi connectivity index (χ3n) is 5.02. The lowest BCUT2D eigenvalue weighted by Gasteiger charge is -2.30. The highest BCUT2D eigenvalue weighted by Crippen LogP contribution is 2.33. The number of methoxy groups -OCH3 is 1. The van der Waals surface area contributed by atoms with Crippen LogP contribution in [0, 0.1) is 11.8 Å². The van der Waals surface area contributed by atoms with Crippen molar-refractivity contribution in [3.63, 3.8) is 0 Å². The number of allylic oxidation sites excluding steroid dienone is 1. The molecule has 1 aromatic carbocycles. The summed E-state index contributed by atoms with van der Waals surface area (Å²) in [5.74, 6) is -0.0579. The number of carbonyl (C=O) groups excluding carboxylic acids is 1. The molecule has 1 aromatic rings. The van der Waals surface area contributed by atoms with E-state index in [1.807, 2.05) is 36.4 Å². The lowest BCUT2D eigenvalue weighted by molar-refractivity contribution is -0.191. The van der Waals surface area contributed by atoms with Crippen LogP contribution in [0.3, 0.4) is 0 Å². The summed E-state index contributed by atoms with van der Waals surface area (Å²) in [5, 5.41) is 0. The fourth-order valence-electron chi connectivity index (χ4n) is 3.52. The first kappa shape index (κ1) is 19.1. The second-order valence-corrected chi connectivity index (χ2v) is 6.89. The topological polar surface area (TPSA) is 54.0 Å². The van der Waals surface area contributed by atoms with Gasteiger partial charge in [0.25, 0.3) is 0 Å². The summed E-state index contributed by atoms with van der Waals surface area (Å²) in [7, 11) is 1.42. The fourth-order valence-corrected chi connectivity index (χ4v) is 3.52. The number of esters is 1. The van der Waals surface area contributed by atoms with E-state index < -0.39 is 0 Å². The Bertz CT molecular complexity index is 579. The number of benzene rings is 1. The smallest absolute Gasteiger partial charge is 0.306 e. The van der Waals surface area contributed by atoms with E-state index >= 15 is 0 Å². The van der Waals surface area contributed by atoms with Crippen molar-refractivity contribution in [1.82, 2.24) is 0 Å². The molecule has 0 saturated carbocycles. The number of ether oxygens (including phenoxy) is 4. The van der Waals surface area contributed by atoms with E-state index in [0.29, 0.717) is 19.6 Å². The van der Waals surface area contributed by atoms with Crippen molar-refractivity contribution in [2.45, 2.75) is 44.7 Å². The summed E-state index contributed by atoms with van der Waals surface area (Å²) in [5.41, 5.74) is 1.14. The maximum Gasteiger partial charge on any atom is 0.306 e. The first-order chi connectivity index (χ1) is 12.8. The molecular formula is C21H28O5. The molecule has 26 heavy (non-hydrogen) atoms. The molecular weight excluding hydrogens is 332 g/mol. The Morgan fingerprint density at radius 2 is 2.04 bits per heavy atom. The van der Waals surface area contributed by atoms with Crippen LogP contribution in [-0.4, -0.2) is 38.7 Å². The molecule has 1 saturated heterocycles. The molecule has 3 rings (SSSR count). The highest BCUT2D eigenvalue weighted by atomic mass is 16.7. The maximum atomic E-state index is 11.7. The molecule has 0 N–H and O–H groups in total. The van der Waals surface area contributed by atoms with E-state index in [9.17, 15) is 4.79 Å². The summed E-state index contributed by atoms with van der Waals surface area (Å²) in [6.07, 6.45) is 7.33. The molecule has 0 radical (unpaired) electrons. The lowest BCUT2D eigenvalue weighted by atomic mass is 9.91. The minimum absolute atomic E-state index is 0.0619. The van der Waals surface area contributed by atoms with Crippen LogP contribution < -0.4 is 0 Å². The third-order valence-corrected chi connectivity index (χ3v) is 5.02. The average Bonchev–Trinajstić information content (AvgIpc) is 3.04. The zero-order valence-electron chi connectivity index (χ0n) is 15.3. The predicted molar refractivity (Wildman–Crippen MR) is 97.3 cm³/mol. The number of rotatable bonds is 8. The molecule has 1 fully saturated rings. The summed E-state index contributed by atoms with van der Waals surface area (Å²) < 4.78 is 22.7. The zero-order valence-corrected chi connectivity index (χ0v) is 15.3. The average molecular weight is 360 g/mol. The second-order valence-electron chi connectivity index (χ2n) is 6.89. The molecule has 4 atom stereocenters. The zero-order chi connectivity index (χ0) is 18.2. The van der Waals surface area contributed by atoms with E-state index in [1.165, 1.54) is 7.11 Å². The van der Waals surface area contributed by atoms with Crippen LogP contribution in [0.2, 0.25) is 0 Å². The Morgan fingerprint density at radius 3 is 2.77 bits per heavy atom. The van der Waals surface area contributed by atoms with Crippen molar-refractivity contribution >= 4 is 5.97 Å². The Morgan fingerprint density at radius 1 is 1.19 bits per heavy atom. The number of hydrogen-bond acceptors (Lipinski definition) is 5. The Hall–Kier alpha value is -1.69. The van der Waals surface area contributed by atoms with Crippen molar-refractivity contribution in [3.05, 3.63) is 48.0 Å². The molecule has 0 spiro atoms.